The Labute approximate surface area is 110 Å². The number of rotatable bonds is 3. The lowest BCUT2D eigenvalue weighted by molar-refractivity contribution is 0.618. The minimum Gasteiger partial charge on any atom is -0.0770 e. The molecule has 1 unspecified atom stereocenters. The molecule has 0 radical (unpaired) electrons. The molecule has 0 aliphatic heterocycles. The molecule has 1 aromatic carbocycles. The predicted octanol–water partition coefficient (Wildman–Crippen LogP) is 4.93. The van der Waals surface area contributed by atoms with Gasteiger partial charge in [-0.15, -0.1) is 0 Å². The Hall–Kier alpha value is -1.56. The zero-order valence-corrected chi connectivity index (χ0v) is 11.0. The first kappa shape index (κ1) is 11.5. The zero-order chi connectivity index (χ0) is 12.4. The molecule has 0 bridgehead atoms. The quantitative estimate of drug-likeness (QED) is 0.698. The van der Waals surface area contributed by atoms with E-state index >= 15 is 0 Å². The van der Waals surface area contributed by atoms with Crippen molar-refractivity contribution in [2.45, 2.75) is 32.6 Å². The molecule has 92 valence electrons. The fourth-order valence-electron chi connectivity index (χ4n) is 2.99. The van der Waals surface area contributed by atoms with E-state index < -0.39 is 0 Å². The van der Waals surface area contributed by atoms with E-state index in [-0.39, 0.29) is 0 Å². The van der Waals surface area contributed by atoms with Crippen LogP contribution in [0.5, 0.6) is 0 Å². The van der Waals surface area contributed by atoms with Gasteiger partial charge in [0.25, 0.3) is 0 Å². The topological polar surface area (TPSA) is 0 Å². The van der Waals surface area contributed by atoms with Crippen molar-refractivity contribution < 1.29 is 0 Å². The van der Waals surface area contributed by atoms with E-state index in [0.29, 0.717) is 5.92 Å². The summed E-state index contributed by atoms with van der Waals surface area (Å²) in [5.74, 6) is 0.637. The van der Waals surface area contributed by atoms with Crippen LogP contribution in [-0.4, -0.2) is 0 Å². The van der Waals surface area contributed by atoms with Crippen LogP contribution in [-0.2, 0) is 6.42 Å². The smallest absolute Gasteiger partial charge is 0.00241 e. The van der Waals surface area contributed by atoms with Crippen LogP contribution in [0.25, 0.3) is 6.08 Å². The van der Waals surface area contributed by atoms with E-state index in [1.165, 1.54) is 36.0 Å². The maximum Gasteiger partial charge on any atom is 0.00241 e. The van der Waals surface area contributed by atoms with Crippen LogP contribution in [0.1, 0.15) is 37.3 Å². The molecule has 0 heteroatoms. The predicted molar refractivity (Wildman–Crippen MR) is 78.4 cm³/mol. The average Bonchev–Trinajstić information content (AvgIpc) is 2.43. The van der Waals surface area contributed by atoms with Gasteiger partial charge in [-0.25, -0.2) is 0 Å². The van der Waals surface area contributed by atoms with Crippen LogP contribution in [0.2, 0.25) is 0 Å². The summed E-state index contributed by atoms with van der Waals surface area (Å²) < 4.78 is 0. The number of benzene rings is 1. The normalized spacial score (nSPS) is 20.8. The van der Waals surface area contributed by atoms with E-state index in [1.54, 1.807) is 5.57 Å². The van der Waals surface area contributed by atoms with E-state index in [4.69, 9.17) is 0 Å². The second-order valence-electron chi connectivity index (χ2n) is 5.30. The Morgan fingerprint density at radius 2 is 2.11 bits per heavy atom. The molecule has 0 saturated carbocycles. The molecule has 0 spiro atoms. The maximum atomic E-state index is 2.41. The van der Waals surface area contributed by atoms with Gasteiger partial charge in [0.1, 0.15) is 0 Å². The Bertz CT molecular complexity index is 529. The molecule has 0 heterocycles. The third-order valence-electron chi connectivity index (χ3n) is 4.03. The largest absolute Gasteiger partial charge is 0.0770 e. The Morgan fingerprint density at radius 1 is 1.22 bits per heavy atom. The Balaban J connectivity index is 1.95. The van der Waals surface area contributed by atoms with Gasteiger partial charge in [0.05, 0.1) is 0 Å². The summed E-state index contributed by atoms with van der Waals surface area (Å²) in [6.07, 6.45) is 14.3. The van der Waals surface area contributed by atoms with Crippen molar-refractivity contribution in [1.29, 1.82) is 0 Å². The summed E-state index contributed by atoms with van der Waals surface area (Å²) in [5, 5.41) is 0. The number of hydrogen-bond acceptors (Lipinski definition) is 0. The van der Waals surface area contributed by atoms with Crippen LogP contribution >= 0.6 is 0 Å². The van der Waals surface area contributed by atoms with E-state index in [0.717, 1.165) is 6.42 Å². The molecule has 0 fully saturated rings. The molecule has 0 aromatic heterocycles. The number of unbranched alkanes of at least 4 members (excludes halogenated alkanes) is 1. The fraction of sp³-hybridized carbons (Fsp3) is 0.333. The standard InChI is InChI=1S/C18H20/c1-2-3-7-14-10-6-11-17-12-15-8-4-5-9-16(15)13-18(14)17/h4-6,8-11,13-14H,2-3,7,12H2,1H3. The highest BCUT2D eigenvalue weighted by molar-refractivity contribution is 5.68. The Morgan fingerprint density at radius 3 is 3.00 bits per heavy atom. The van der Waals surface area contributed by atoms with Gasteiger partial charge in [0, 0.05) is 5.92 Å². The molecule has 2 aliphatic rings. The van der Waals surface area contributed by atoms with Gasteiger partial charge in [-0.2, -0.15) is 0 Å². The van der Waals surface area contributed by atoms with Gasteiger partial charge in [0.2, 0.25) is 0 Å². The summed E-state index contributed by atoms with van der Waals surface area (Å²) in [6.45, 7) is 2.27. The van der Waals surface area contributed by atoms with Gasteiger partial charge in [-0.1, -0.05) is 68.3 Å². The van der Waals surface area contributed by atoms with Gasteiger partial charge in [-0.3, -0.25) is 0 Å². The van der Waals surface area contributed by atoms with Crippen LogP contribution in [0.4, 0.5) is 0 Å². The third-order valence-corrected chi connectivity index (χ3v) is 4.03. The lowest BCUT2D eigenvalue weighted by Gasteiger charge is -2.27. The summed E-state index contributed by atoms with van der Waals surface area (Å²) >= 11 is 0. The van der Waals surface area contributed by atoms with Crippen LogP contribution in [0.15, 0.2) is 53.6 Å². The highest BCUT2D eigenvalue weighted by Crippen LogP contribution is 2.37. The SMILES string of the molecule is CCCCC1C=CC=C2Cc3ccccc3C=C21. The van der Waals surface area contributed by atoms with Crippen molar-refractivity contribution in [3.05, 3.63) is 64.8 Å². The van der Waals surface area contributed by atoms with Crippen molar-refractivity contribution in [2.24, 2.45) is 5.92 Å². The Kier molecular flexibility index (Phi) is 3.19. The first-order valence-electron chi connectivity index (χ1n) is 7.05. The molecule has 18 heavy (non-hydrogen) atoms. The highest BCUT2D eigenvalue weighted by atomic mass is 14.3. The molecule has 0 amide bonds. The summed E-state index contributed by atoms with van der Waals surface area (Å²) in [5.41, 5.74) is 5.97. The second kappa shape index (κ2) is 4.97. The molecule has 0 nitrogen and oxygen atoms in total. The van der Waals surface area contributed by atoms with Crippen LogP contribution in [0.3, 0.4) is 0 Å². The lowest BCUT2D eigenvalue weighted by atomic mass is 9.77. The third kappa shape index (κ3) is 2.08. The van der Waals surface area contributed by atoms with Gasteiger partial charge < -0.3 is 0 Å². The highest BCUT2D eigenvalue weighted by Gasteiger charge is 2.22. The molecule has 1 aromatic rings. The zero-order valence-electron chi connectivity index (χ0n) is 11.0. The molecule has 3 rings (SSSR count). The first-order chi connectivity index (χ1) is 8.88. The van der Waals surface area contributed by atoms with Crippen molar-refractivity contribution in [1.82, 2.24) is 0 Å². The maximum absolute atomic E-state index is 2.41. The molecule has 2 aliphatic carbocycles. The second-order valence-corrected chi connectivity index (χ2v) is 5.30. The van der Waals surface area contributed by atoms with Gasteiger partial charge >= 0.3 is 0 Å². The van der Waals surface area contributed by atoms with E-state index in [2.05, 4.69) is 55.5 Å². The molecule has 0 saturated heterocycles. The van der Waals surface area contributed by atoms with Crippen LogP contribution < -0.4 is 0 Å². The number of hydrogen-bond donors (Lipinski definition) is 0. The lowest BCUT2D eigenvalue weighted by Crippen LogP contribution is -2.12. The average molecular weight is 236 g/mol. The van der Waals surface area contributed by atoms with Crippen molar-refractivity contribution in [3.63, 3.8) is 0 Å². The summed E-state index contributed by atoms with van der Waals surface area (Å²) in [6, 6.07) is 8.78. The molecular weight excluding hydrogens is 216 g/mol. The molecular formula is C18H20. The van der Waals surface area contributed by atoms with Crippen molar-refractivity contribution in [3.8, 4) is 0 Å². The van der Waals surface area contributed by atoms with Gasteiger partial charge in [-0.05, 0) is 35.1 Å². The van der Waals surface area contributed by atoms with E-state index in [1.807, 2.05) is 0 Å². The van der Waals surface area contributed by atoms with E-state index in [9.17, 15) is 0 Å². The first-order valence-corrected chi connectivity index (χ1v) is 7.05. The van der Waals surface area contributed by atoms with Crippen molar-refractivity contribution >= 4 is 6.08 Å². The molecule has 1 atom stereocenters. The van der Waals surface area contributed by atoms with Crippen molar-refractivity contribution in [2.75, 3.05) is 0 Å². The summed E-state index contributed by atoms with van der Waals surface area (Å²) in [7, 11) is 0. The minimum absolute atomic E-state index is 0.637. The fourth-order valence-corrected chi connectivity index (χ4v) is 2.99. The number of allylic oxidation sites excluding steroid dienone is 5. The molecule has 0 N–H and O–H groups in total. The van der Waals surface area contributed by atoms with Gasteiger partial charge in [0.15, 0.2) is 0 Å². The minimum atomic E-state index is 0.637. The van der Waals surface area contributed by atoms with Crippen LogP contribution in [0, 0.1) is 5.92 Å². The number of fused-ring (bicyclic) bond motifs is 2. The monoisotopic (exact) mass is 236 g/mol. The summed E-state index contributed by atoms with van der Waals surface area (Å²) in [4.78, 5) is 0.